The molecule has 4 rings (SSSR count). The summed E-state index contributed by atoms with van der Waals surface area (Å²) in [4.78, 5) is 12.2. The molecule has 0 aliphatic heterocycles. The number of pyridine rings is 1. The molecule has 1 aromatic carbocycles. The number of thioether (sulfide) groups is 1. The number of aromatic nitrogens is 5. The Hall–Kier alpha value is -2.52. The molecule has 0 saturated heterocycles. The van der Waals surface area contributed by atoms with Crippen LogP contribution in [-0.4, -0.2) is 35.0 Å². The highest BCUT2D eigenvalue weighted by molar-refractivity contribution is 7.99. The van der Waals surface area contributed by atoms with Crippen LogP contribution < -0.4 is 5.32 Å². The van der Waals surface area contributed by atoms with E-state index in [0.717, 1.165) is 22.9 Å². The number of carbonyl (C=O) groups excluding carboxylic acids is 1. The minimum absolute atomic E-state index is 0.122. The first kappa shape index (κ1) is 14.1. The van der Waals surface area contributed by atoms with Crippen LogP contribution in [0.5, 0.6) is 0 Å². The zero-order valence-corrected chi connectivity index (χ0v) is 13.3. The van der Waals surface area contributed by atoms with Gasteiger partial charge in [-0.25, -0.2) is 0 Å². The van der Waals surface area contributed by atoms with Gasteiger partial charge in [0, 0.05) is 6.20 Å². The van der Waals surface area contributed by atoms with Crippen LogP contribution in [0.3, 0.4) is 0 Å². The highest BCUT2D eigenvalue weighted by Gasteiger charge is 2.11. The molecule has 4 aromatic rings. The second kappa shape index (κ2) is 5.94. The number of hydrogen-bond donors (Lipinski definition) is 1. The van der Waals surface area contributed by atoms with Crippen molar-refractivity contribution in [2.45, 2.75) is 5.16 Å². The number of benzene rings is 1. The summed E-state index contributed by atoms with van der Waals surface area (Å²) in [7, 11) is 0. The van der Waals surface area contributed by atoms with Crippen molar-refractivity contribution in [1.29, 1.82) is 0 Å². The lowest BCUT2D eigenvalue weighted by molar-refractivity contribution is -0.113. The Morgan fingerprint density at radius 1 is 1.17 bits per heavy atom. The molecule has 3 heterocycles. The number of rotatable bonds is 4. The standard InChI is InChI=1S/C14H10N6OS2/c21-12(15-9-4-3-5-10-13(9)19-23-18-10)8-22-14-17-16-11-6-1-2-7-20(11)14/h1-7H,8H2,(H,15,21). The van der Waals surface area contributed by atoms with Crippen molar-refractivity contribution in [3.05, 3.63) is 42.6 Å². The Kier molecular flexibility index (Phi) is 3.64. The second-order valence-electron chi connectivity index (χ2n) is 4.69. The van der Waals surface area contributed by atoms with Crippen LogP contribution in [0.1, 0.15) is 0 Å². The van der Waals surface area contributed by atoms with Gasteiger partial charge in [-0.15, -0.1) is 10.2 Å². The number of nitrogens with one attached hydrogen (secondary N) is 1. The van der Waals surface area contributed by atoms with Crippen molar-refractivity contribution < 1.29 is 4.79 Å². The molecule has 0 fully saturated rings. The van der Waals surface area contributed by atoms with Crippen LogP contribution in [0.2, 0.25) is 0 Å². The van der Waals surface area contributed by atoms with Crippen molar-refractivity contribution in [3.8, 4) is 0 Å². The Morgan fingerprint density at radius 3 is 3.09 bits per heavy atom. The molecule has 0 bridgehead atoms. The topological polar surface area (TPSA) is 85.1 Å². The number of hydrogen-bond acceptors (Lipinski definition) is 7. The lowest BCUT2D eigenvalue weighted by Gasteiger charge is -2.04. The summed E-state index contributed by atoms with van der Waals surface area (Å²) < 4.78 is 10.2. The van der Waals surface area contributed by atoms with E-state index in [9.17, 15) is 4.79 Å². The number of carbonyl (C=O) groups is 1. The van der Waals surface area contributed by atoms with E-state index < -0.39 is 0 Å². The van der Waals surface area contributed by atoms with Crippen molar-refractivity contribution in [3.63, 3.8) is 0 Å². The molecule has 0 aliphatic carbocycles. The van der Waals surface area contributed by atoms with Gasteiger partial charge in [-0.05, 0) is 24.3 Å². The molecule has 0 saturated carbocycles. The van der Waals surface area contributed by atoms with Crippen molar-refractivity contribution >= 4 is 51.8 Å². The van der Waals surface area contributed by atoms with Gasteiger partial charge in [0.15, 0.2) is 10.8 Å². The van der Waals surface area contributed by atoms with Crippen LogP contribution in [0, 0.1) is 0 Å². The Morgan fingerprint density at radius 2 is 2.13 bits per heavy atom. The lowest BCUT2D eigenvalue weighted by Crippen LogP contribution is -2.14. The molecule has 9 heteroatoms. The monoisotopic (exact) mass is 342 g/mol. The minimum atomic E-state index is -0.122. The molecule has 0 aliphatic rings. The maximum atomic E-state index is 12.2. The molecular weight excluding hydrogens is 332 g/mol. The average Bonchev–Trinajstić information content (AvgIpc) is 3.20. The van der Waals surface area contributed by atoms with E-state index in [4.69, 9.17) is 0 Å². The summed E-state index contributed by atoms with van der Waals surface area (Å²) in [5, 5.41) is 11.7. The van der Waals surface area contributed by atoms with E-state index >= 15 is 0 Å². The van der Waals surface area contributed by atoms with Crippen molar-refractivity contribution in [2.75, 3.05) is 11.1 Å². The van der Waals surface area contributed by atoms with E-state index in [1.54, 1.807) is 0 Å². The highest BCUT2D eigenvalue weighted by atomic mass is 32.2. The first-order valence-electron chi connectivity index (χ1n) is 6.75. The van der Waals surface area contributed by atoms with E-state index in [0.29, 0.717) is 16.4 Å². The highest BCUT2D eigenvalue weighted by Crippen LogP contribution is 2.22. The lowest BCUT2D eigenvalue weighted by atomic mass is 10.2. The number of anilines is 1. The quantitative estimate of drug-likeness (QED) is 0.574. The molecule has 0 radical (unpaired) electrons. The average molecular weight is 342 g/mol. The van der Waals surface area contributed by atoms with Gasteiger partial charge in [0.1, 0.15) is 11.0 Å². The molecule has 0 unspecified atom stereocenters. The summed E-state index contributed by atoms with van der Waals surface area (Å²) in [6, 6.07) is 11.2. The summed E-state index contributed by atoms with van der Waals surface area (Å²) in [5.74, 6) is 0.118. The van der Waals surface area contributed by atoms with E-state index in [-0.39, 0.29) is 11.7 Å². The first-order valence-corrected chi connectivity index (χ1v) is 8.46. The van der Waals surface area contributed by atoms with Gasteiger partial charge in [-0.2, -0.15) is 8.75 Å². The van der Waals surface area contributed by atoms with Crippen LogP contribution in [-0.2, 0) is 4.79 Å². The fraction of sp³-hybridized carbons (Fsp3) is 0.0714. The fourth-order valence-corrected chi connectivity index (χ4v) is 3.42. The van der Waals surface area contributed by atoms with E-state index in [2.05, 4.69) is 24.3 Å². The third-order valence-corrected chi connectivity index (χ3v) is 4.66. The molecule has 7 nitrogen and oxygen atoms in total. The molecule has 23 heavy (non-hydrogen) atoms. The third-order valence-electron chi connectivity index (χ3n) is 3.17. The molecule has 0 spiro atoms. The van der Waals surface area contributed by atoms with Crippen molar-refractivity contribution in [1.82, 2.24) is 23.3 Å². The summed E-state index contributed by atoms with van der Waals surface area (Å²) in [6.07, 6.45) is 1.87. The van der Waals surface area contributed by atoms with Gasteiger partial charge >= 0.3 is 0 Å². The Bertz CT molecular complexity index is 995. The van der Waals surface area contributed by atoms with Gasteiger partial charge in [-0.1, -0.05) is 23.9 Å². The van der Waals surface area contributed by atoms with Crippen LogP contribution in [0.4, 0.5) is 5.69 Å². The largest absolute Gasteiger partial charge is 0.323 e. The zero-order valence-electron chi connectivity index (χ0n) is 11.7. The van der Waals surface area contributed by atoms with Gasteiger partial charge < -0.3 is 5.32 Å². The third kappa shape index (κ3) is 2.76. The van der Waals surface area contributed by atoms with Crippen LogP contribution in [0.25, 0.3) is 16.7 Å². The Labute approximate surface area is 139 Å². The molecular formula is C14H10N6OS2. The molecule has 1 amide bonds. The number of nitrogens with zero attached hydrogens (tertiary/aromatic N) is 5. The van der Waals surface area contributed by atoms with Gasteiger partial charge in [0.05, 0.1) is 23.2 Å². The van der Waals surface area contributed by atoms with Crippen LogP contribution in [0.15, 0.2) is 47.8 Å². The van der Waals surface area contributed by atoms with Gasteiger partial charge in [-0.3, -0.25) is 9.20 Å². The molecule has 114 valence electrons. The second-order valence-corrected chi connectivity index (χ2v) is 6.16. The predicted molar refractivity (Wildman–Crippen MR) is 89.8 cm³/mol. The number of fused-ring (bicyclic) bond motifs is 2. The first-order chi connectivity index (χ1) is 11.3. The SMILES string of the molecule is O=C(CSc1nnc2ccccn12)Nc1cccc2nsnc12. The minimum Gasteiger partial charge on any atom is -0.323 e. The number of amides is 1. The summed E-state index contributed by atoms with van der Waals surface area (Å²) in [6.45, 7) is 0. The summed E-state index contributed by atoms with van der Waals surface area (Å²) >= 11 is 2.46. The van der Waals surface area contributed by atoms with E-state index in [1.807, 2.05) is 47.0 Å². The zero-order chi connectivity index (χ0) is 15.6. The summed E-state index contributed by atoms with van der Waals surface area (Å²) in [5.41, 5.74) is 2.93. The maximum Gasteiger partial charge on any atom is 0.234 e. The molecule has 3 aromatic heterocycles. The van der Waals surface area contributed by atoms with Crippen LogP contribution >= 0.6 is 23.5 Å². The Balaban J connectivity index is 1.47. The van der Waals surface area contributed by atoms with Gasteiger partial charge in [0.25, 0.3) is 0 Å². The van der Waals surface area contributed by atoms with Gasteiger partial charge in [0.2, 0.25) is 5.91 Å². The normalized spacial score (nSPS) is 11.1. The van der Waals surface area contributed by atoms with E-state index in [1.165, 1.54) is 11.8 Å². The smallest absolute Gasteiger partial charge is 0.234 e. The molecule has 0 atom stereocenters. The molecule has 1 N–H and O–H groups in total. The van der Waals surface area contributed by atoms with Crippen molar-refractivity contribution in [2.24, 2.45) is 0 Å². The fourth-order valence-electron chi connectivity index (χ4n) is 2.14. The maximum absolute atomic E-state index is 12.2. The predicted octanol–water partition coefficient (Wildman–Crippen LogP) is 2.46.